The molecule has 6 aromatic rings. The molecule has 6 rings (SSSR count). The number of rotatable bonds is 3. The monoisotopic (exact) mass is 393 g/mol. The van der Waals surface area contributed by atoms with Gasteiger partial charge < -0.3 is 0 Å². The zero-order valence-electron chi connectivity index (χ0n) is 17.1. The molecule has 0 bridgehead atoms. The Labute approximate surface area is 182 Å². The van der Waals surface area contributed by atoms with Gasteiger partial charge in [-0.3, -0.25) is 0 Å². The Morgan fingerprint density at radius 1 is 0.290 bits per heavy atom. The molecule has 31 heavy (non-hydrogen) atoms. The summed E-state index contributed by atoms with van der Waals surface area (Å²) in [6, 6.07) is 46.1. The van der Waals surface area contributed by atoms with Crippen LogP contribution in [-0.4, -0.2) is 0 Å². The zero-order valence-corrected chi connectivity index (χ0v) is 17.1. The van der Waals surface area contributed by atoms with Gasteiger partial charge in [-0.1, -0.05) is 54.6 Å². The predicted octanol–water partition coefficient (Wildman–Crippen LogP) is 8.17. The van der Waals surface area contributed by atoms with Gasteiger partial charge in [0, 0.05) is 16.2 Å². The van der Waals surface area contributed by atoms with Gasteiger partial charge in [0.25, 0.3) is 0 Å². The summed E-state index contributed by atoms with van der Waals surface area (Å²) in [5, 5.41) is 7.59. The fourth-order valence-electron chi connectivity index (χ4n) is 4.53. The summed E-state index contributed by atoms with van der Waals surface area (Å²) < 4.78 is 0. The average molecular weight is 394 g/mol. The molecule has 0 spiro atoms. The van der Waals surface area contributed by atoms with Crippen LogP contribution in [0.2, 0.25) is 0 Å². The molecule has 0 aromatic heterocycles. The predicted molar refractivity (Wildman–Crippen MR) is 132 cm³/mol. The van der Waals surface area contributed by atoms with Crippen molar-refractivity contribution in [3.05, 3.63) is 150 Å². The largest absolute Gasteiger partial charge is 0.0632 e. The minimum absolute atomic E-state index is 1.24. The van der Waals surface area contributed by atoms with Gasteiger partial charge in [-0.25, -0.2) is 0 Å². The minimum Gasteiger partial charge on any atom is -0.0616 e. The van der Waals surface area contributed by atoms with Gasteiger partial charge in [0.1, 0.15) is 0 Å². The molecule has 0 heterocycles. The van der Waals surface area contributed by atoms with Crippen molar-refractivity contribution in [1.29, 1.82) is 0 Å². The molecule has 144 valence electrons. The van der Waals surface area contributed by atoms with Crippen LogP contribution in [0.15, 0.2) is 127 Å². The highest BCUT2D eigenvalue weighted by molar-refractivity contribution is 5.88. The molecule has 0 fully saturated rings. The summed E-state index contributed by atoms with van der Waals surface area (Å²) in [5.74, 6) is 1.27. The number of benzene rings is 6. The van der Waals surface area contributed by atoms with Crippen LogP contribution in [-0.2, 0) is 0 Å². The van der Waals surface area contributed by atoms with E-state index in [1.54, 1.807) is 0 Å². The second-order valence-corrected chi connectivity index (χ2v) is 8.06. The first-order valence-electron chi connectivity index (χ1n) is 10.7. The smallest absolute Gasteiger partial charge is 0.0616 e. The van der Waals surface area contributed by atoms with Crippen molar-refractivity contribution in [3.8, 4) is 0 Å². The Morgan fingerprint density at radius 2 is 0.581 bits per heavy atom. The lowest BCUT2D eigenvalue weighted by Crippen LogP contribution is -2.05. The number of hydrogen-bond donors (Lipinski definition) is 0. The molecule has 0 aliphatic carbocycles. The van der Waals surface area contributed by atoms with E-state index in [2.05, 4.69) is 127 Å². The van der Waals surface area contributed by atoms with Gasteiger partial charge in [0.15, 0.2) is 0 Å². The van der Waals surface area contributed by atoms with Crippen molar-refractivity contribution in [2.24, 2.45) is 0 Å². The lowest BCUT2D eigenvalue weighted by molar-refractivity contribution is 1.25. The third kappa shape index (κ3) is 3.23. The van der Waals surface area contributed by atoms with E-state index in [-0.39, 0.29) is 0 Å². The first-order valence-corrected chi connectivity index (χ1v) is 10.7. The summed E-state index contributed by atoms with van der Waals surface area (Å²) in [4.78, 5) is 0. The highest BCUT2D eigenvalue weighted by Crippen LogP contribution is 2.35. The van der Waals surface area contributed by atoms with E-state index in [0.29, 0.717) is 0 Å². The number of hydrogen-bond acceptors (Lipinski definition) is 0. The van der Waals surface area contributed by atoms with Crippen molar-refractivity contribution >= 4 is 32.3 Å². The molecule has 0 heteroatoms. The van der Waals surface area contributed by atoms with E-state index in [9.17, 15) is 0 Å². The van der Waals surface area contributed by atoms with Crippen molar-refractivity contribution in [3.63, 3.8) is 0 Å². The van der Waals surface area contributed by atoms with E-state index in [1.807, 2.05) is 0 Å². The molecule has 0 saturated carbocycles. The third-order valence-corrected chi connectivity index (χ3v) is 6.11. The van der Waals surface area contributed by atoms with Crippen LogP contribution in [0.4, 0.5) is 0 Å². The third-order valence-electron chi connectivity index (χ3n) is 6.11. The molecule has 0 aliphatic heterocycles. The van der Waals surface area contributed by atoms with Crippen molar-refractivity contribution in [2.45, 2.75) is 0 Å². The minimum atomic E-state index is 1.24. The molecule has 0 N–H and O–H groups in total. The first kappa shape index (κ1) is 17.8. The average Bonchev–Trinajstić information content (AvgIpc) is 2.84. The Hall–Kier alpha value is -4.03. The molecular formula is C31H21+. The second-order valence-electron chi connectivity index (χ2n) is 8.06. The highest BCUT2D eigenvalue weighted by atomic mass is 14.2. The van der Waals surface area contributed by atoms with Crippen LogP contribution in [0.3, 0.4) is 0 Å². The molecule has 0 nitrogen and oxygen atoms in total. The van der Waals surface area contributed by atoms with Crippen LogP contribution in [0.25, 0.3) is 32.3 Å². The lowest BCUT2D eigenvalue weighted by atomic mass is 9.83. The summed E-state index contributed by atoms with van der Waals surface area (Å²) in [6.07, 6.45) is 0. The van der Waals surface area contributed by atoms with E-state index in [1.165, 1.54) is 54.9 Å². The molecular weight excluding hydrogens is 372 g/mol. The Balaban J connectivity index is 1.59. The summed E-state index contributed by atoms with van der Waals surface area (Å²) in [6.45, 7) is 0. The van der Waals surface area contributed by atoms with Gasteiger partial charge in [-0.05, 0) is 89.0 Å². The molecule has 0 amide bonds. The topological polar surface area (TPSA) is 0 Å². The standard InChI is InChI=1S/C31H21/c1-4-10-25-19-28(16-13-22(25)7-1)31(29-17-14-23-8-2-5-11-26(23)20-29)30-18-15-24-9-3-6-12-27(24)21-30/h1-21H/q+1. The summed E-state index contributed by atoms with van der Waals surface area (Å²) in [5.41, 5.74) is 3.72. The van der Waals surface area contributed by atoms with Crippen molar-refractivity contribution in [2.75, 3.05) is 0 Å². The van der Waals surface area contributed by atoms with Gasteiger partial charge in [0.05, 0.1) is 22.6 Å². The Kier molecular flexibility index (Phi) is 4.21. The summed E-state index contributed by atoms with van der Waals surface area (Å²) >= 11 is 0. The van der Waals surface area contributed by atoms with Crippen molar-refractivity contribution < 1.29 is 0 Å². The maximum Gasteiger partial charge on any atom is 0.0632 e. The van der Waals surface area contributed by atoms with E-state index in [4.69, 9.17) is 0 Å². The SMILES string of the molecule is c1ccc2cc([C+](c3ccc4ccccc4c3)c3ccc4ccccc4c3)ccc2c1. The van der Waals surface area contributed by atoms with E-state index < -0.39 is 0 Å². The summed E-state index contributed by atoms with van der Waals surface area (Å²) in [7, 11) is 0. The van der Waals surface area contributed by atoms with Crippen LogP contribution in [0, 0.1) is 5.92 Å². The van der Waals surface area contributed by atoms with Gasteiger partial charge >= 0.3 is 0 Å². The molecule has 0 unspecified atom stereocenters. The lowest BCUT2D eigenvalue weighted by Gasteiger charge is -2.15. The zero-order chi connectivity index (χ0) is 20.6. The van der Waals surface area contributed by atoms with Gasteiger partial charge in [-0.2, -0.15) is 0 Å². The fraction of sp³-hybridized carbons (Fsp3) is 0. The molecule has 0 saturated heterocycles. The molecule has 0 radical (unpaired) electrons. The van der Waals surface area contributed by atoms with Gasteiger partial charge in [-0.15, -0.1) is 0 Å². The quantitative estimate of drug-likeness (QED) is 0.210. The fourth-order valence-corrected chi connectivity index (χ4v) is 4.53. The van der Waals surface area contributed by atoms with Crippen LogP contribution < -0.4 is 0 Å². The van der Waals surface area contributed by atoms with Crippen molar-refractivity contribution in [1.82, 2.24) is 0 Å². The molecule has 0 atom stereocenters. The molecule has 0 aliphatic rings. The second kappa shape index (κ2) is 7.34. The van der Waals surface area contributed by atoms with E-state index in [0.717, 1.165) is 0 Å². The van der Waals surface area contributed by atoms with Crippen LogP contribution in [0.1, 0.15) is 16.7 Å². The maximum atomic E-state index is 2.31. The Bertz CT molecular complexity index is 1350. The molecule has 6 aromatic carbocycles. The Morgan fingerprint density at radius 3 is 0.903 bits per heavy atom. The van der Waals surface area contributed by atoms with Crippen LogP contribution in [0.5, 0.6) is 0 Å². The number of fused-ring (bicyclic) bond motifs is 3. The maximum absolute atomic E-state index is 2.31. The van der Waals surface area contributed by atoms with E-state index >= 15 is 0 Å². The van der Waals surface area contributed by atoms with Crippen LogP contribution >= 0.6 is 0 Å². The normalized spacial score (nSPS) is 11.2. The first-order chi connectivity index (χ1) is 15.3. The van der Waals surface area contributed by atoms with Gasteiger partial charge in [0.2, 0.25) is 0 Å². The highest BCUT2D eigenvalue weighted by Gasteiger charge is 2.24.